The Kier molecular flexibility index (Phi) is 5.76. The molecule has 0 radical (unpaired) electrons. The van der Waals surface area contributed by atoms with Crippen LogP contribution in [0.5, 0.6) is 5.75 Å². The van der Waals surface area contributed by atoms with Gasteiger partial charge in [-0.05, 0) is 73.6 Å². The molecule has 1 fully saturated rings. The first-order chi connectivity index (χ1) is 17.6. The number of carbonyl (C=O) groups excluding carboxylic acids is 1. The number of hydrogen-bond donors (Lipinski definition) is 0. The quantitative estimate of drug-likeness (QED) is 0.387. The van der Waals surface area contributed by atoms with Gasteiger partial charge in [0.1, 0.15) is 5.75 Å². The Bertz CT molecular complexity index is 1460. The van der Waals surface area contributed by atoms with E-state index in [-0.39, 0.29) is 11.8 Å². The molecule has 2 aliphatic rings. The minimum atomic E-state index is 0.0932. The molecule has 2 aromatic heterocycles. The van der Waals surface area contributed by atoms with Crippen LogP contribution in [0.2, 0.25) is 0 Å². The fraction of sp³-hybridized carbons (Fsp3) is 0.310. The van der Waals surface area contributed by atoms with Crippen LogP contribution in [0, 0.1) is 6.92 Å². The predicted octanol–water partition coefficient (Wildman–Crippen LogP) is 5.44. The Morgan fingerprint density at radius 1 is 1.06 bits per heavy atom. The van der Waals surface area contributed by atoms with E-state index < -0.39 is 0 Å². The van der Waals surface area contributed by atoms with E-state index in [2.05, 4.69) is 16.2 Å². The molecule has 0 unspecified atom stereocenters. The molecule has 7 nitrogen and oxygen atoms in total. The number of methoxy groups -OCH3 is 1. The highest BCUT2D eigenvalue weighted by atomic mass is 16.5. The summed E-state index contributed by atoms with van der Waals surface area (Å²) in [7, 11) is 1.67. The van der Waals surface area contributed by atoms with Gasteiger partial charge in [-0.2, -0.15) is 4.98 Å². The van der Waals surface area contributed by atoms with Gasteiger partial charge in [0.15, 0.2) is 5.82 Å². The predicted molar refractivity (Wildman–Crippen MR) is 138 cm³/mol. The van der Waals surface area contributed by atoms with Gasteiger partial charge in [-0.25, -0.2) is 4.98 Å². The maximum Gasteiger partial charge on any atom is 0.254 e. The summed E-state index contributed by atoms with van der Waals surface area (Å²) in [5.41, 5.74) is 5.94. The number of amides is 1. The second kappa shape index (κ2) is 9.22. The molecule has 1 aliphatic heterocycles. The van der Waals surface area contributed by atoms with E-state index in [9.17, 15) is 4.79 Å². The van der Waals surface area contributed by atoms with Gasteiger partial charge in [0, 0.05) is 24.4 Å². The summed E-state index contributed by atoms with van der Waals surface area (Å²) in [6, 6.07) is 16.0. The van der Waals surface area contributed by atoms with Crippen molar-refractivity contribution in [2.75, 3.05) is 20.2 Å². The molecule has 4 aromatic rings. The zero-order valence-electron chi connectivity index (χ0n) is 20.5. The second-order valence-electron chi connectivity index (χ2n) is 9.52. The number of fused-ring (bicyclic) bond motifs is 2. The van der Waals surface area contributed by atoms with Gasteiger partial charge in [-0.1, -0.05) is 35.5 Å². The number of aryl methyl sites for hydroxylation is 1. The summed E-state index contributed by atoms with van der Waals surface area (Å²) in [6.45, 7) is 3.17. The van der Waals surface area contributed by atoms with Crippen LogP contribution >= 0.6 is 0 Å². The molecule has 0 spiro atoms. The smallest absolute Gasteiger partial charge is 0.254 e. The monoisotopic (exact) mass is 480 g/mol. The van der Waals surface area contributed by atoms with E-state index in [0.29, 0.717) is 24.8 Å². The van der Waals surface area contributed by atoms with Crippen molar-refractivity contribution in [3.05, 3.63) is 82.6 Å². The van der Waals surface area contributed by atoms with Crippen molar-refractivity contribution < 1.29 is 14.1 Å². The largest absolute Gasteiger partial charge is 0.497 e. The molecule has 0 N–H and O–H groups in total. The number of hydrogen-bond acceptors (Lipinski definition) is 6. The number of carbonyl (C=O) groups is 1. The van der Waals surface area contributed by atoms with Crippen LogP contribution in [0.15, 0.2) is 53.1 Å². The summed E-state index contributed by atoms with van der Waals surface area (Å²) in [6.07, 6.45) is 5.50. The number of benzene rings is 2. The van der Waals surface area contributed by atoms with Gasteiger partial charge in [-0.3, -0.25) is 4.79 Å². The molecule has 1 saturated heterocycles. The highest BCUT2D eigenvalue weighted by molar-refractivity contribution is 6.09. The molecule has 3 heterocycles. The highest BCUT2D eigenvalue weighted by Crippen LogP contribution is 2.39. The van der Waals surface area contributed by atoms with E-state index in [4.69, 9.17) is 14.2 Å². The minimum Gasteiger partial charge on any atom is -0.497 e. The minimum absolute atomic E-state index is 0.0932. The number of piperidine rings is 1. The van der Waals surface area contributed by atoms with Crippen LogP contribution in [-0.2, 0) is 6.42 Å². The lowest BCUT2D eigenvalue weighted by molar-refractivity contribution is 0.0705. The van der Waals surface area contributed by atoms with Gasteiger partial charge in [0.2, 0.25) is 5.89 Å². The van der Waals surface area contributed by atoms with E-state index in [0.717, 1.165) is 64.7 Å². The molecule has 0 saturated carbocycles. The highest BCUT2D eigenvalue weighted by Gasteiger charge is 2.32. The number of pyridine rings is 1. The van der Waals surface area contributed by atoms with Crippen molar-refractivity contribution in [1.82, 2.24) is 20.0 Å². The fourth-order valence-electron chi connectivity index (χ4n) is 5.39. The van der Waals surface area contributed by atoms with Crippen LogP contribution in [-0.4, -0.2) is 46.1 Å². The molecule has 1 amide bonds. The Morgan fingerprint density at radius 3 is 2.56 bits per heavy atom. The fourth-order valence-corrected chi connectivity index (χ4v) is 5.39. The van der Waals surface area contributed by atoms with Crippen molar-refractivity contribution in [2.45, 2.75) is 38.5 Å². The van der Waals surface area contributed by atoms with Gasteiger partial charge in [-0.15, -0.1) is 0 Å². The Morgan fingerprint density at radius 2 is 1.83 bits per heavy atom. The zero-order chi connectivity index (χ0) is 24.6. The van der Waals surface area contributed by atoms with Crippen LogP contribution < -0.4 is 4.74 Å². The molecule has 7 heteroatoms. The van der Waals surface area contributed by atoms with Gasteiger partial charge >= 0.3 is 0 Å². The summed E-state index contributed by atoms with van der Waals surface area (Å²) < 4.78 is 10.7. The van der Waals surface area contributed by atoms with Crippen molar-refractivity contribution >= 4 is 28.5 Å². The van der Waals surface area contributed by atoms with Crippen LogP contribution in [0.25, 0.3) is 22.6 Å². The standard InChI is InChI=1S/C29H28N4O3/c1-18-30-28(36-32-18)20-13-15-33(16-14-20)29(34)26-23-5-3-4-6-25(23)31-27-21(9-12-24(26)27)17-19-7-10-22(35-2)11-8-19/h3-8,10-11,17,20H,9,12-16H2,1-2H3/b21-17-. The molecule has 0 bridgehead atoms. The maximum atomic E-state index is 14.0. The second-order valence-corrected chi connectivity index (χ2v) is 9.52. The van der Waals surface area contributed by atoms with Crippen molar-refractivity contribution in [2.24, 2.45) is 0 Å². The van der Waals surface area contributed by atoms with Gasteiger partial charge in [0.05, 0.1) is 23.9 Å². The molecular formula is C29H28N4O3. The first-order valence-electron chi connectivity index (χ1n) is 12.5. The summed E-state index contributed by atoms with van der Waals surface area (Å²) >= 11 is 0. The average molecular weight is 481 g/mol. The number of allylic oxidation sites excluding steroid dienone is 1. The third-order valence-corrected chi connectivity index (χ3v) is 7.29. The lowest BCUT2D eigenvalue weighted by Gasteiger charge is -2.31. The van der Waals surface area contributed by atoms with Crippen molar-refractivity contribution in [1.29, 1.82) is 0 Å². The third kappa shape index (κ3) is 4.04. The zero-order valence-corrected chi connectivity index (χ0v) is 20.5. The third-order valence-electron chi connectivity index (χ3n) is 7.29. The summed E-state index contributed by atoms with van der Waals surface area (Å²) in [4.78, 5) is 25.4. The SMILES string of the molecule is COc1ccc(/C=C2/CCc3c2nc2ccccc2c3C(=O)N2CCC(c3nc(C)no3)CC2)cc1. The molecular weight excluding hydrogens is 452 g/mol. The number of aromatic nitrogens is 3. The first kappa shape index (κ1) is 22.5. The first-order valence-corrected chi connectivity index (χ1v) is 12.5. The average Bonchev–Trinajstić information content (AvgIpc) is 3.53. The molecule has 182 valence electrons. The topological polar surface area (TPSA) is 81.4 Å². The normalized spacial score (nSPS) is 17.1. The lowest BCUT2D eigenvalue weighted by Crippen LogP contribution is -2.38. The van der Waals surface area contributed by atoms with E-state index >= 15 is 0 Å². The van der Waals surface area contributed by atoms with E-state index in [1.165, 1.54) is 5.57 Å². The van der Waals surface area contributed by atoms with Crippen molar-refractivity contribution in [3.8, 4) is 5.75 Å². The summed E-state index contributed by atoms with van der Waals surface area (Å²) in [5, 5.41) is 4.86. The van der Waals surface area contributed by atoms with Crippen LogP contribution in [0.3, 0.4) is 0 Å². The van der Waals surface area contributed by atoms with Crippen LogP contribution in [0.4, 0.5) is 0 Å². The van der Waals surface area contributed by atoms with E-state index in [1.807, 2.05) is 60.4 Å². The Labute approximate surface area is 209 Å². The van der Waals surface area contributed by atoms with Gasteiger partial charge in [0.25, 0.3) is 5.91 Å². The summed E-state index contributed by atoms with van der Waals surface area (Å²) in [5.74, 6) is 2.47. The van der Waals surface area contributed by atoms with E-state index in [1.54, 1.807) is 7.11 Å². The number of likely N-dealkylation sites (tertiary alicyclic amines) is 1. The molecule has 2 aromatic carbocycles. The van der Waals surface area contributed by atoms with Gasteiger partial charge < -0.3 is 14.2 Å². The van der Waals surface area contributed by atoms with Crippen LogP contribution in [0.1, 0.15) is 64.1 Å². The number of nitrogens with zero attached hydrogens (tertiary/aromatic N) is 4. The Hall–Kier alpha value is -4.00. The number of para-hydroxylation sites is 1. The lowest BCUT2D eigenvalue weighted by atomic mass is 9.94. The van der Waals surface area contributed by atoms with Crippen molar-refractivity contribution in [3.63, 3.8) is 0 Å². The maximum absolute atomic E-state index is 14.0. The molecule has 6 rings (SSSR count). The number of rotatable bonds is 4. The number of ether oxygens (including phenoxy) is 1. The molecule has 1 aliphatic carbocycles. The molecule has 0 atom stereocenters. The Balaban J connectivity index is 1.33. The molecule has 36 heavy (non-hydrogen) atoms.